The molecule has 6 heteroatoms. The highest BCUT2D eigenvalue weighted by molar-refractivity contribution is 6.04. The van der Waals surface area contributed by atoms with Crippen LogP contribution in [0.15, 0.2) is 34.8 Å². The second kappa shape index (κ2) is 6.74. The van der Waals surface area contributed by atoms with Crippen molar-refractivity contribution in [3.8, 4) is 0 Å². The number of halogens is 2. The number of rotatable bonds is 6. The maximum atomic E-state index is 13.1. The Labute approximate surface area is 153 Å². The maximum absolute atomic E-state index is 13.1. The lowest BCUT2D eigenvalue weighted by Crippen LogP contribution is -2.35. The topological polar surface area (TPSA) is 56.7 Å². The van der Waals surface area contributed by atoms with Crippen molar-refractivity contribution in [2.24, 2.45) is 10.9 Å². The van der Waals surface area contributed by atoms with E-state index < -0.39 is 17.4 Å². The predicted molar refractivity (Wildman–Crippen MR) is 99.7 cm³/mol. The van der Waals surface area contributed by atoms with Gasteiger partial charge in [0.05, 0.1) is 5.60 Å². The van der Waals surface area contributed by atoms with E-state index in [0.29, 0.717) is 12.3 Å². The van der Waals surface area contributed by atoms with Gasteiger partial charge in [0.1, 0.15) is 12.0 Å². The van der Waals surface area contributed by atoms with Gasteiger partial charge in [-0.05, 0) is 55.9 Å². The molecule has 3 N–H and O–H groups in total. The second-order valence-corrected chi connectivity index (χ2v) is 7.75. The fourth-order valence-corrected chi connectivity index (χ4v) is 3.38. The van der Waals surface area contributed by atoms with E-state index in [4.69, 9.17) is 0 Å². The van der Waals surface area contributed by atoms with E-state index >= 15 is 0 Å². The van der Waals surface area contributed by atoms with Crippen LogP contribution < -0.4 is 10.9 Å². The predicted octanol–water partition coefficient (Wildman–Crippen LogP) is 3.98. The molecular formula is C20H27F2N3O. The quantitative estimate of drug-likeness (QED) is 0.717. The summed E-state index contributed by atoms with van der Waals surface area (Å²) in [6.07, 6.45) is 0.825. The minimum absolute atomic E-state index is 0.0291. The molecule has 0 amide bonds. The summed E-state index contributed by atoms with van der Waals surface area (Å²) in [6, 6.07) is 7.86. The molecule has 1 saturated carbocycles. The van der Waals surface area contributed by atoms with Crippen LogP contribution in [-0.4, -0.2) is 23.0 Å². The van der Waals surface area contributed by atoms with Crippen molar-refractivity contribution < 1.29 is 13.9 Å². The molecule has 0 radical (unpaired) electrons. The Bertz CT molecular complexity index is 732. The van der Waals surface area contributed by atoms with Gasteiger partial charge in [-0.25, -0.2) is 19.2 Å². The Kier molecular flexibility index (Phi) is 4.92. The van der Waals surface area contributed by atoms with Crippen LogP contribution in [0.1, 0.15) is 58.1 Å². The monoisotopic (exact) mass is 363 g/mol. The summed E-state index contributed by atoms with van der Waals surface area (Å²) in [5.41, 5.74) is 9.24. The van der Waals surface area contributed by atoms with Crippen molar-refractivity contribution in [2.75, 3.05) is 0 Å². The van der Waals surface area contributed by atoms with Crippen LogP contribution in [0.2, 0.25) is 0 Å². The lowest BCUT2D eigenvalue weighted by Gasteiger charge is -2.19. The maximum Gasteiger partial charge on any atom is 0.251 e. The molecule has 4 nitrogen and oxygen atoms in total. The zero-order valence-electron chi connectivity index (χ0n) is 15.7. The molecule has 1 aliphatic heterocycles. The first kappa shape index (κ1) is 19.0. The molecule has 1 heterocycles. The zero-order chi connectivity index (χ0) is 19.1. The molecule has 2 aliphatic rings. The van der Waals surface area contributed by atoms with Crippen molar-refractivity contribution in [3.05, 3.63) is 41.0 Å². The molecule has 0 aromatic heterocycles. The van der Waals surface area contributed by atoms with E-state index in [1.165, 1.54) is 0 Å². The zero-order valence-corrected chi connectivity index (χ0v) is 15.7. The van der Waals surface area contributed by atoms with Gasteiger partial charge in [-0.15, -0.1) is 0 Å². The Morgan fingerprint density at radius 1 is 1.31 bits per heavy atom. The fourth-order valence-electron chi connectivity index (χ4n) is 3.38. The van der Waals surface area contributed by atoms with Gasteiger partial charge in [0.25, 0.3) is 5.92 Å². The third-order valence-electron chi connectivity index (χ3n) is 5.21. The van der Waals surface area contributed by atoms with Crippen LogP contribution in [0.5, 0.6) is 0 Å². The number of allylic oxidation sites excluding steroid dienone is 1. The van der Waals surface area contributed by atoms with Crippen LogP contribution in [0.3, 0.4) is 0 Å². The van der Waals surface area contributed by atoms with E-state index in [0.717, 1.165) is 28.7 Å². The van der Waals surface area contributed by atoms with E-state index in [1.54, 1.807) is 13.8 Å². The van der Waals surface area contributed by atoms with Gasteiger partial charge in [-0.2, -0.15) is 0 Å². The highest BCUT2D eigenvalue weighted by Gasteiger charge is 2.57. The minimum Gasteiger partial charge on any atom is -0.386 e. The molecule has 142 valence electrons. The Hall–Kier alpha value is -1.79. The second-order valence-electron chi connectivity index (χ2n) is 7.75. The Morgan fingerprint density at radius 3 is 2.42 bits per heavy atom. The number of amidine groups is 1. The summed E-state index contributed by atoms with van der Waals surface area (Å²) >= 11 is 0. The van der Waals surface area contributed by atoms with Crippen LogP contribution in [0.4, 0.5) is 8.78 Å². The summed E-state index contributed by atoms with van der Waals surface area (Å²) in [5, 5.41) is 10.1. The van der Waals surface area contributed by atoms with E-state index in [2.05, 4.69) is 22.8 Å². The van der Waals surface area contributed by atoms with Crippen LogP contribution >= 0.6 is 0 Å². The lowest BCUT2D eigenvalue weighted by molar-refractivity contribution is 0.0786. The van der Waals surface area contributed by atoms with Gasteiger partial charge in [0.2, 0.25) is 0 Å². The molecule has 0 saturated heterocycles. The van der Waals surface area contributed by atoms with Crippen LogP contribution in [0.25, 0.3) is 5.57 Å². The highest BCUT2D eigenvalue weighted by Crippen LogP contribution is 2.51. The first-order valence-electron chi connectivity index (χ1n) is 9.12. The molecule has 1 fully saturated rings. The van der Waals surface area contributed by atoms with Gasteiger partial charge in [0, 0.05) is 12.3 Å². The summed E-state index contributed by atoms with van der Waals surface area (Å²) in [6.45, 7) is 7.59. The minimum atomic E-state index is -2.51. The lowest BCUT2D eigenvalue weighted by atomic mass is 9.93. The first-order chi connectivity index (χ1) is 12.1. The van der Waals surface area contributed by atoms with E-state index in [-0.39, 0.29) is 12.6 Å². The largest absolute Gasteiger partial charge is 0.386 e. The van der Waals surface area contributed by atoms with Crippen LogP contribution in [-0.2, 0) is 5.60 Å². The molecule has 2 unspecified atom stereocenters. The third-order valence-corrected chi connectivity index (χ3v) is 5.21. The van der Waals surface area contributed by atoms with E-state index in [9.17, 15) is 13.9 Å². The van der Waals surface area contributed by atoms with Gasteiger partial charge >= 0.3 is 0 Å². The number of hydrogen-bond donors (Lipinski definition) is 3. The molecule has 26 heavy (non-hydrogen) atoms. The smallest absolute Gasteiger partial charge is 0.251 e. The number of aliphatic imine (C=N–C) groups is 1. The molecular weight excluding hydrogens is 336 g/mol. The van der Waals surface area contributed by atoms with Crippen molar-refractivity contribution in [3.63, 3.8) is 0 Å². The van der Waals surface area contributed by atoms with E-state index in [1.807, 2.05) is 31.2 Å². The SMILES string of the molecule is CC/C(=C(/C)C1=NC(CC2CC2(F)F)NN1)c1ccc(C(C)(C)O)cc1. The average Bonchev–Trinajstić information content (AvgIpc) is 2.96. The number of benzene rings is 1. The number of aliphatic hydroxyl groups is 1. The summed E-state index contributed by atoms with van der Waals surface area (Å²) in [4.78, 5) is 4.55. The first-order valence-corrected chi connectivity index (χ1v) is 9.12. The molecule has 0 bridgehead atoms. The standard InChI is InChI=1S/C20H27F2N3O/c1-5-16(13-6-8-14(9-7-13)19(3,4)26)12(2)18-23-17(24-25-18)10-15-11-20(15,21)22/h6-9,15,17,24,26H,5,10-11H2,1-4H3,(H,23,25)/b16-12+. The Balaban J connectivity index is 1.78. The third kappa shape index (κ3) is 3.96. The fraction of sp³-hybridized carbons (Fsp3) is 0.550. The molecule has 1 aromatic carbocycles. The summed E-state index contributed by atoms with van der Waals surface area (Å²) in [5.74, 6) is -2.36. The van der Waals surface area contributed by atoms with Crippen LogP contribution in [0, 0.1) is 5.92 Å². The van der Waals surface area contributed by atoms with Crippen molar-refractivity contribution >= 4 is 11.4 Å². The number of nitrogens with one attached hydrogen (secondary N) is 2. The highest BCUT2D eigenvalue weighted by atomic mass is 19.3. The molecule has 1 aromatic rings. The normalized spacial score (nSPS) is 25.4. The molecule has 0 spiro atoms. The van der Waals surface area contributed by atoms with Crippen molar-refractivity contribution in [1.82, 2.24) is 10.9 Å². The Morgan fingerprint density at radius 2 is 1.92 bits per heavy atom. The number of alkyl halides is 2. The van der Waals surface area contributed by atoms with Gasteiger partial charge in [0.15, 0.2) is 0 Å². The van der Waals surface area contributed by atoms with Gasteiger partial charge < -0.3 is 10.5 Å². The number of hydrogen-bond acceptors (Lipinski definition) is 4. The number of hydrazine groups is 1. The van der Waals surface area contributed by atoms with Crippen molar-refractivity contribution in [2.45, 2.75) is 64.6 Å². The molecule has 1 aliphatic carbocycles. The summed E-state index contributed by atoms with van der Waals surface area (Å²) < 4.78 is 26.2. The summed E-state index contributed by atoms with van der Waals surface area (Å²) in [7, 11) is 0. The molecule has 2 atom stereocenters. The molecule has 3 rings (SSSR count). The van der Waals surface area contributed by atoms with Gasteiger partial charge in [-0.1, -0.05) is 31.2 Å². The van der Waals surface area contributed by atoms with Crippen molar-refractivity contribution in [1.29, 1.82) is 0 Å². The number of nitrogens with zero attached hydrogens (tertiary/aromatic N) is 1. The average molecular weight is 363 g/mol. The van der Waals surface area contributed by atoms with Gasteiger partial charge in [-0.3, -0.25) is 0 Å².